The van der Waals surface area contributed by atoms with Gasteiger partial charge in [0.25, 0.3) is 0 Å². The Morgan fingerprint density at radius 2 is 1.73 bits per heavy atom. The zero-order valence-electron chi connectivity index (χ0n) is 13.6. The van der Waals surface area contributed by atoms with Crippen molar-refractivity contribution in [2.24, 2.45) is 0 Å². The third-order valence-electron chi connectivity index (χ3n) is 3.43. The molecule has 0 saturated heterocycles. The highest BCUT2D eigenvalue weighted by Gasteiger charge is 2.09. The van der Waals surface area contributed by atoms with Crippen molar-refractivity contribution >= 4 is 58.1 Å². The number of halogens is 4. The predicted octanol–water partition coefficient (Wildman–Crippen LogP) is 6.92. The minimum absolute atomic E-state index is 0.0451. The van der Waals surface area contributed by atoms with Crippen LogP contribution in [0.15, 0.2) is 47.6 Å². The third-order valence-corrected chi connectivity index (χ3v) is 5.30. The summed E-state index contributed by atoms with van der Waals surface area (Å²) in [7, 11) is 0. The highest BCUT2D eigenvalue weighted by atomic mass is 35.5. The fourth-order valence-corrected chi connectivity index (χ4v) is 4.02. The van der Waals surface area contributed by atoms with E-state index in [0.717, 1.165) is 11.3 Å². The molecule has 1 aromatic heterocycles. The van der Waals surface area contributed by atoms with Gasteiger partial charge in [0.05, 0.1) is 5.02 Å². The molecule has 0 atom stereocenters. The molecule has 0 radical (unpaired) electrons. The van der Waals surface area contributed by atoms with E-state index in [1.165, 1.54) is 23.9 Å². The molecular weight excluding hydrogens is 416 g/mol. The highest BCUT2D eigenvalue weighted by Crippen LogP contribution is 2.31. The third kappa shape index (κ3) is 4.80. The molecule has 0 fully saturated rings. The van der Waals surface area contributed by atoms with Gasteiger partial charge >= 0.3 is 0 Å². The molecule has 0 aliphatic carbocycles. The Labute approximate surface area is 169 Å². The predicted molar refractivity (Wildman–Crippen MR) is 107 cm³/mol. The number of hydrogen-bond acceptors (Lipinski definition) is 4. The quantitative estimate of drug-likeness (QED) is 0.353. The average molecular weight is 429 g/mol. The van der Waals surface area contributed by atoms with Gasteiger partial charge < -0.3 is 5.32 Å². The Bertz CT molecular complexity index is 933. The minimum atomic E-state index is -0.469. The van der Waals surface area contributed by atoms with Crippen LogP contribution in [0.1, 0.15) is 11.3 Å². The molecule has 134 valence electrons. The van der Waals surface area contributed by atoms with E-state index in [9.17, 15) is 4.39 Å². The van der Waals surface area contributed by atoms with E-state index in [2.05, 4.69) is 15.3 Å². The summed E-state index contributed by atoms with van der Waals surface area (Å²) in [4.78, 5) is 8.89. The molecule has 3 aromatic rings. The van der Waals surface area contributed by atoms with Gasteiger partial charge in [-0.3, -0.25) is 0 Å². The zero-order chi connectivity index (χ0) is 18.7. The molecule has 26 heavy (non-hydrogen) atoms. The lowest BCUT2D eigenvalue weighted by atomic mass is 10.2. The molecule has 0 bridgehead atoms. The van der Waals surface area contributed by atoms with Crippen molar-refractivity contribution in [3.05, 3.63) is 74.6 Å². The molecule has 1 heterocycles. The number of aryl methyl sites for hydroxylation is 1. The zero-order valence-corrected chi connectivity index (χ0v) is 16.6. The molecule has 0 unspecified atom stereocenters. The second-order valence-corrected chi connectivity index (χ2v) is 7.58. The van der Waals surface area contributed by atoms with Crippen molar-refractivity contribution in [2.75, 3.05) is 5.32 Å². The fraction of sp³-hybridized carbons (Fsp3) is 0.111. The summed E-state index contributed by atoms with van der Waals surface area (Å²) in [6.45, 7) is 1.87. The summed E-state index contributed by atoms with van der Waals surface area (Å²) in [5, 5.41) is 4.95. The molecule has 0 aliphatic heterocycles. The first kappa shape index (κ1) is 19.2. The van der Waals surface area contributed by atoms with E-state index in [4.69, 9.17) is 34.8 Å². The molecule has 3 nitrogen and oxygen atoms in total. The van der Waals surface area contributed by atoms with Crippen molar-refractivity contribution < 1.29 is 4.39 Å². The van der Waals surface area contributed by atoms with E-state index < -0.39 is 5.82 Å². The normalized spacial score (nSPS) is 10.8. The number of benzene rings is 2. The Morgan fingerprint density at radius 3 is 2.42 bits per heavy atom. The Hall–Kier alpha value is -1.53. The van der Waals surface area contributed by atoms with Crippen molar-refractivity contribution in [3.8, 4) is 0 Å². The Balaban J connectivity index is 1.78. The Kier molecular flexibility index (Phi) is 6.24. The second kappa shape index (κ2) is 8.44. The number of thioether (sulfide) groups is 1. The minimum Gasteiger partial charge on any atom is -0.340 e. The maximum Gasteiger partial charge on any atom is 0.190 e. The fourth-order valence-electron chi connectivity index (χ4n) is 2.20. The number of anilines is 2. The van der Waals surface area contributed by atoms with Crippen LogP contribution in [0.25, 0.3) is 0 Å². The van der Waals surface area contributed by atoms with Crippen LogP contribution < -0.4 is 5.32 Å². The van der Waals surface area contributed by atoms with Crippen LogP contribution in [-0.4, -0.2) is 9.97 Å². The number of nitrogens with one attached hydrogen (secondary N) is 1. The van der Waals surface area contributed by atoms with E-state index in [1.54, 1.807) is 30.3 Å². The summed E-state index contributed by atoms with van der Waals surface area (Å²) in [6, 6.07) is 11.6. The van der Waals surface area contributed by atoms with Crippen LogP contribution >= 0.6 is 46.6 Å². The Morgan fingerprint density at radius 1 is 1.00 bits per heavy atom. The molecule has 0 spiro atoms. The summed E-state index contributed by atoms with van der Waals surface area (Å²) >= 11 is 19.6. The smallest absolute Gasteiger partial charge is 0.190 e. The van der Waals surface area contributed by atoms with E-state index >= 15 is 0 Å². The number of hydrogen-bond donors (Lipinski definition) is 1. The van der Waals surface area contributed by atoms with Crippen LogP contribution in [0, 0.1) is 12.7 Å². The molecule has 8 heteroatoms. The van der Waals surface area contributed by atoms with Crippen molar-refractivity contribution in [1.82, 2.24) is 9.97 Å². The van der Waals surface area contributed by atoms with Crippen LogP contribution in [-0.2, 0) is 5.75 Å². The van der Waals surface area contributed by atoms with Gasteiger partial charge in [0.15, 0.2) is 5.16 Å². The lowest BCUT2D eigenvalue weighted by molar-refractivity contribution is 0.628. The molecule has 2 aromatic carbocycles. The molecule has 0 saturated carbocycles. The molecule has 3 rings (SSSR count). The van der Waals surface area contributed by atoms with Crippen molar-refractivity contribution in [2.45, 2.75) is 17.8 Å². The van der Waals surface area contributed by atoms with Gasteiger partial charge in [-0.1, -0.05) is 52.6 Å². The second-order valence-electron chi connectivity index (χ2n) is 5.42. The van der Waals surface area contributed by atoms with Gasteiger partial charge in [-0.25, -0.2) is 14.4 Å². The largest absolute Gasteiger partial charge is 0.340 e. The van der Waals surface area contributed by atoms with Crippen LogP contribution in [0.5, 0.6) is 0 Å². The van der Waals surface area contributed by atoms with E-state index in [0.29, 0.717) is 32.5 Å². The standard InChI is InChI=1S/C18H13Cl3FN3S/c1-10-7-17(24-11-5-6-16(22)15(21)8-11)25-18(23-10)26-9-12-13(19)3-2-4-14(12)20/h2-8H,9H2,1H3,(H,23,24,25). The van der Waals surface area contributed by atoms with Gasteiger partial charge in [0, 0.05) is 33.2 Å². The molecule has 1 N–H and O–H groups in total. The highest BCUT2D eigenvalue weighted by molar-refractivity contribution is 7.98. The summed E-state index contributed by atoms with van der Waals surface area (Å²) in [6.07, 6.45) is 0. The summed E-state index contributed by atoms with van der Waals surface area (Å²) in [5.74, 6) is 0.668. The SMILES string of the molecule is Cc1cc(Nc2ccc(F)c(Cl)c2)nc(SCc2c(Cl)cccc2Cl)n1. The molecule has 0 aliphatic rings. The lowest BCUT2D eigenvalue weighted by Gasteiger charge is -2.10. The monoisotopic (exact) mass is 427 g/mol. The van der Waals surface area contributed by atoms with Crippen LogP contribution in [0.3, 0.4) is 0 Å². The summed E-state index contributed by atoms with van der Waals surface area (Å²) in [5.41, 5.74) is 2.27. The van der Waals surface area contributed by atoms with E-state index in [-0.39, 0.29) is 5.02 Å². The topological polar surface area (TPSA) is 37.8 Å². The van der Waals surface area contributed by atoms with E-state index in [1.807, 2.05) is 6.92 Å². The first-order chi connectivity index (χ1) is 12.4. The number of rotatable bonds is 5. The van der Waals surface area contributed by atoms with Crippen LogP contribution in [0.4, 0.5) is 15.9 Å². The first-order valence-electron chi connectivity index (χ1n) is 7.56. The maximum atomic E-state index is 13.3. The van der Waals surface area contributed by atoms with Gasteiger partial charge in [-0.2, -0.15) is 0 Å². The first-order valence-corrected chi connectivity index (χ1v) is 9.68. The number of nitrogens with zero attached hydrogens (tertiary/aromatic N) is 2. The van der Waals surface area contributed by atoms with Crippen molar-refractivity contribution in [3.63, 3.8) is 0 Å². The average Bonchev–Trinajstić information content (AvgIpc) is 2.57. The number of aromatic nitrogens is 2. The van der Waals surface area contributed by atoms with Gasteiger partial charge in [0.1, 0.15) is 11.6 Å². The van der Waals surface area contributed by atoms with Gasteiger partial charge in [-0.15, -0.1) is 0 Å². The van der Waals surface area contributed by atoms with Gasteiger partial charge in [0.2, 0.25) is 0 Å². The van der Waals surface area contributed by atoms with Crippen molar-refractivity contribution in [1.29, 1.82) is 0 Å². The van der Waals surface area contributed by atoms with Crippen LogP contribution in [0.2, 0.25) is 15.1 Å². The molecular formula is C18H13Cl3FN3S. The summed E-state index contributed by atoms with van der Waals surface area (Å²) < 4.78 is 13.3. The lowest BCUT2D eigenvalue weighted by Crippen LogP contribution is -1.99. The van der Waals surface area contributed by atoms with Gasteiger partial charge in [-0.05, 0) is 42.8 Å². The maximum absolute atomic E-state index is 13.3. The molecule has 0 amide bonds.